The minimum Gasteiger partial charge on any atom is -0.352 e. The average molecular weight is 199 g/mol. The summed E-state index contributed by atoms with van der Waals surface area (Å²) in [7, 11) is 0. The summed E-state index contributed by atoms with van der Waals surface area (Å²) in [6.45, 7) is 6.55. The van der Waals surface area contributed by atoms with Crippen LogP contribution in [-0.4, -0.2) is 36.1 Å². The van der Waals surface area contributed by atoms with Crippen LogP contribution in [-0.2, 0) is 0 Å². The highest BCUT2D eigenvalue weighted by molar-refractivity contribution is 5.71. The molecule has 0 aromatic rings. The van der Waals surface area contributed by atoms with Gasteiger partial charge in [0.25, 0.3) is 0 Å². The minimum atomic E-state index is -0.394. The number of nitrogens with two attached hydrogens (primary N) is 1. The Morgan fingerprint density at radius 3 is 2.79 bits per heavy atom. The standard InChI is InChI=1S/C10H21N3O/c1-3-9-7-8(12-10(11)14)5-6-13(9)4-2/h8-9H,3-7H2,1-2H3,(H3,11,12,14). The van der Waals surface area contributed by atoms with Crippen molar-refractivity contribution < 1.29 is 4.79 Å². The summed E-state index contributed by atoms with van der Waals surface area (Å²) >= 11 is 0. The van der Waals surface area contributed by atoms with Crippen molar-refractivity contribution in [2.45, 2.75) is 45.2 Å². The molecule has 2 amide bonds. The number of carbonyl (C=O) groups is 1. The Kier molecular flexibility index (Phi) is 4.20. The average Bonchev–Trinajstić information content (AvgIpc) is 2.16. The predicted octanol–water partition coefficient (Wildman–Crippen LogP) is 0.918. The minimum absolute atomic E-state index is 0.278. The maximum Gasteiger partial charge on any atom is 0.312 e. The molecule has 1 saturated heterocycles. The van der Waals surface area contributed by atoms with E-state index >= 15 is 0 Å². The second kappa shape index (κ2) is 5.20. The van der Waals surface area contributed by atoms with Gasteiger partial charge in [-0.1, -0.05) is 13.8 Å². The third-order valence-electron chi connectivity index (χ3n) is 3.06. The molecule has 1 heterocycles. The maximum atomic E-state index is 10.7. The number of piperidine rings is 1. The number of amides is 2. The highest BCUT2D eigenvalue weighted by atomic mass is 16.2. The van der Waals surface area contributed by atoms with E-state index in [0.717, 1.165) is 32.4 Å². The number of rotatable bonds is 3. The lowest BCUT2D eigenvalue weighted by molar-refractivity contribution is 0.130. The van der Waals surface area contributed by atoms with Gasteiger partial charge in [-0.05, 0) is 25.8 Å². The summed E-state index contributed by atoms with van der Waals surface area (Å²) in [5.41, 5.74) is 5.11. The van der Waals surface area contributed by atoms with Gasteiger partial charge in [-0.3, -0.25) is 0 Å². The van der Waals surface area contributed by atoms with Crippen LogP contribution in [0.5, 0.6) is 0 Å². The Morgan fingerprint density at radius 1 is 1.57 bits per heavy atom. The van der Waals surface area contributed by atoms with Gasteiger partial charge in [-0.15, -0.1) is 0 Å². The molecule has 0 saturated carbocycles. The molecule has 2 atom stereocenters. The molecule has 1 rings (SSSR count). The number of hydrogen-bond donors (Lipinski definition) is 2. The molecule has 4 nitrogen and oxygen atoms in total. The third kappa shape index (κ3) is 2.87. The molecule has 0 bridgehead atoms. The first-order valence-electron chi connectivity index (χ1n) is 5.47. The number of hydrogen-bond acceptors (Lipinski definition) is 2. The van der Waals surface area contributed by atoms with Crippen molar-refractivity contribution in [3.8, 4) is 0 Å². The molecule has 0 aliphatic carbocycles. The van der Waals surface area contributed by atoms with E-state index in [9.17, 15) is 4.79 Å². The molecular formula is C10H21N3O. The molecule has 0 aromatic heterocycles. The Morgan fingerprint density at radius 2 is 2.29 bits per heavy atom. The molecular weight excluding hydrogens is 178 g/mol. The fourth-order valence-corrected chi connectivity index (χ4v) is 2.27. The van der Waals surface area contributed by atoms with Crippen LogP contribution in [0, 0.1) is 0 Å². The van der Waals surface area contributed by atoms with Crippen molar-refractivity contribution in [2.24, 2.45) is 5.73 Å². The van der Waals surface area contributed by atoms with Crippen LogP contribution in [0.1, 0.15) is 33.1 Å². The number of urea groups is 1. The number of primary amides is 1. The van der Waals surface area contributed by atoms with E-state index in [2.05, 4.69) is 24.1 Å². The third-order valence-corrected chi connectivity index (χ3v) is 3.06. The molecule has 1 aliphatic heterocycles. The zero-order valence-electron chi connectivity index (χ0n) is 9.12. The monoisotopic (exact) mass is 199 g/mol. The Hall–Kier alpha value is -0.770. The first-order valence-corrected chi connectivity index (χ1v) is 5.47. The molecule has 1 fully saturated rings. The Labute approximate surface area is 85.8 Å². The van der Waals surface area contributed by atoms with Crippen LogP contribution in [0.4, 0.5) is 4.79 Å². The van der Waals surface area contributed by atoms with E-state index in [1.807, 2.05) is 0 Å². The predicted molar refractivity (Wildman–Crippen MR) is 57.1 cm³/mol. The summed E-state index contributed by atoms with van der Waals surface area (Å²) in [4.78, 5) is 13.2. The first-order chi connectivity index (χ1) is 6.67. The molecule has 82 valence electrons. The molecule has 1 aliphatic rings. The topological polar surface area (TPSA) is 58.4 Å². The zero-order valence-corrected chi connectivity index (χ0v) is 9.12. The zero-order chi connectivity index (χ0) is 10.6. The van der Waals surface area contributed by atoms with Crippen molar-refractivity contribution in [3.63, 3.8) is 0 Å². The van der Waals surface area contributed by atoms with Crippen molar-refractivity contribution in [2.75, 3.05) is 13.1 Å². The molecule has 0 spiro atoms. The first kappa shape index (κ1) is 11.3. The van der Waals surface area contributed by atoms with Crippen LogP contribution in [0.3, 0.4) is 0 Å². The largest absolute Gasteiger partial charge is 0.352 e. The summed E-state index contributed by atoms with van der Waals surface area (Å²) in [6, 6.07) is 0.487. The van der Waals surface area contributed by atoms with Gasteiger partial charge in [0.15, 0.2) is 0 Å². The fraction of sp³-hybridized carbons (Fsp3) is 0.900. The molecule has 4 heteroatoms. The molecule has 2 unspecified atom stereocenters. The van der Waals surface area contributed by atoms with E-state index in [1.54, 1.807) is 0 Å². The van der Waals surface area contributed by atoms with Gasteiger partial charge in [0.1, 0.15) is 0 Å². The molecule has 14 heavy (non-hydrogen) atoms. The number of carbonyl (C=O) groups excluding carboxylic acids is 1. The van der Waals surface area contributed by atoms with Gasteiger partial charge in [-0.2, -0.15) is 0 Å². The summed E-state index contributed by atoms with van der Waals surface area (Å²) in [5.74, 6) is 0. The number of likely N-dealkylation sites (tertiary alicyclic amines) is 1. The second-order valence-electron chi connectivity index (χ2n) is 3.92. The molecule has 0 aromatic carbocycles. The quantitative estimate of drug-likeness (QED) is 0.710. The van der Waals surface area contributed by atoms with Gasteiger partial charge in [0.2, 0.25) is 0 Å². The Balaban J connectivity index is 2.43. The lowest BCUT2D eigenvalue weighted by Crippen LogP contribution is -2.50. The van der Waals surface area contributed by atoms with Gasteiger partial charge in [0.05, 0.1) is 0 Å². The van der Waals surface area contributed by atoms with Crippen molar-refractivity contribution in [1.82, 2.24) is 10.2 Å². The van der Waals surface area contributed by atoms with Gasteiger partial charge in [-0.25, -0.2) is 4.79 Å². The second-order valence-corrected chi connectivity index (χ2v) is 3.92. The number of nitrogens with zero attached hydrogens (tertiary/aromatic N) is 1. The van der Waals surface area contributed by atoms with Crippen molar-refractivity contribution >= 4 is 6.03 Å². The molecule has 0 radical (unpaired) electrons. The van der Waals surface area contributed by atoms with E-state index in [-0.39, 0.29) is 6.04 Å². The highest BCUT2D eigenvalue weighted by Crippen LogP contribution is 2.19. The van der Waals surface area contributed by atoms with E-state index in [0.29, 0.717) is 6.04 Å². The fourth-order valence-electron chi connectivity index (χ4n) is 2.27. The number of nitrogens with one attached hydrogen (secondary N) is 1. The summed E-state index contributed by atoms with van der Waals surface area (Å²) in [6.07, 6.45) is 3.20. The van der Waals surface area contributed by atoms with Crippen LogP contribution in [0.15, 0.2) is 0 Å². The van der Waals surface area contributed by atoms with Crippen LogP contribution < -0.4 is 11.1 Å². The highest BCUT2D eigenvalue weighted by Gasteiger charge is 2.26. The van der Waals surface area contributed by atoms with Crippen LogP contribution in [0.2, 0.25) is 0 Å². The van der Waals surface area contributed by atoms with E-state index < -0.39 is 6.03 Å². The SMILES string of the molecule is CCC1CC(NC(N)=O)CCN1CC. The van der Waals surface area contributed by atoms with Gasteiger partial charge in [0, 0.05) is 18.6 Å². The summed E-state index contributed by atoms with van der Waals surface area (Å²) < 4.78 is 0. The lowest BCUT2D eigenvalue weighted by atomic mass is 9.95. The molecule has 3 N–H and O–H groups in total. The van der Waals surface area contributed by atoms with Crippen molar-refractivity contribution in [3.05, 3.63) is 0 Å². The normalized spacial score (nSPS) is 28.7. The van der Waals surface area contributed by atoms with E-state index in [4.69, 9.17) is 5.73 Å². The van der Waals surface area contributed by atoms with E-state index in [1.165, 1.54) is 0 Å². The maximum absolute atomic E-state index is 10.7. The van der Waals surface area contributed by atoms with Gasteiger partial charge < -0.3 is 16.0 Å². The lowest BCUT2D eigenvalue weighted by Gasteiger charge is -2.38. The van der Waals surface area contributed by atoms with Crippen molar-refractivity contribution in [1.29, 1.82) is 0 Å². The Bertz CT molecular complexity index is 196. The van der Waals surface area contributed by atoms with Crippen LogP contribution >= 0.6 is 0 Å². The summed E-state index contributed by atoms with van der Waals surface area (Å²) in [5, 5.41) is 2.80. The smallest absolute Gasteiger partial charge is 0.312 e. The van der Waals surface area contributed by atoms with Crippen LogP contribution in [0.25, 0.3) is 0 Å². The van der Waals surface area contributed by atoms with Gasteiger partial charge >= 0.3 is 6.03 Å².